The van der Waals surface area contributed by atoms with Crippen LogP contribution in [0.4, 0.5) is 11.4 Å². The molecule has 2 aromatic rings. The number of aryl methyl sites for hydroxylation is 1. The summed E-state index contributed by atoms with van der Waals surface area (Å²) >= 11 is 0. The highest BCUT2D eigenvalue weighted by atomic mass is 16.2. The molecule has 1 aromatic carbocycles. The lowest BCUT2D eigenvalue weighted by Crippen LogP contribution is -2.30. The Hall–Kier alpha value is -2.57. The molecule has 1 aliphatic heterocycles. The molecule has 0 fully saturated rings. The Morgan fingerprint density at radius 3 is 3.00 bits per heavy atom. The van der Waals surface area contributed by atoms with Crippen LogP contribution in [-0.2, 0) is 24.3 Å². The molecule has 2 heterocycles. The topological polar surface area (TPSA) is 94.9 Å². The Kier molecular flexibility index (Phi) is 3.47. The Morgan fingerprint density at radius 1 is 1.38 bits per heavy atom. The summed E-state index contributed by atoms with van der Waals surface area (Å²) in [6, 6.07) is 6.91. The van der Waals surface area contributed by atoms with Crippen LogP contribution in [0.2, 0.25) is 0 Å². The van der Waals surface area contributed by atoms with Crippen LogP contribution >= 0.6 is 0 Å². The monoisotopic (exact) mass is 287 g/mol. The van der Waals surface area contributed by atoms with Crippen molar-refractivity contribution in [2.45, 2.75) is 32.4 Å². The number of fused-ring (bicyclic) bond motifs is 1. The van der Waals surface area contributed by atoms with Gasteiger partial charge in [0.05, 0.1) is 0 Å². The van der Waals surface area contributed by atoms with Gasteiger partial charge in [0.25, 0.3) is 0 Å². The molecule has 3 rings (SSSR count). The normalized spacial score (nSPS) is 13.7. The lowest BCUT2D eigenvalue weighted by Gasteiger charge is -2.09. The van der Waals surface area contributed by atoms with Crippen LogP contribution in [0.25, 0.3) is 0 Å². The quantitative estimate of drug-likeness (QED) is 0.808. The Bertz CT molecular complexity index is 731. The lowest BCUT2D eigenvalue weighted by atomic mass is 10.2. The zero-order valence-electron chi connectivity index (χ0n) is 11.6. The largest absolute Gasteiger partial charge is 0.399 e. The number of rotatable bonds is 3. The van der Waals surface area contributed by atoms with E-state index in [1.54, 1.807) is 28.8 Å². The minimum atomic E-state index is -0.293. The average Bonchev–Trinajstić information content (AvgIpc) is 2.76. The van der Waals surface area contributed by atoms with Crippen LogP contribution in [0.1, 0.15) is 18.7 Å². The molecule has 1 aliphatic rings. The summed E-state index contributed by atoms with van der Waals surface area (Å²) in [6.45, 7) is 0.596. The van der Waals surface area contributed by atoms with Crippen molar-refractivity contribution in [2.75, 3.05) is 11.1 Å². The molecule has 0 aliphatic carbocycles. The molecular weight excluding hydrogens is 270 g/mol. The zero-order valence-corrected chi connectivity index (χ0v) is 11.6. The molecule has 1 aromatic heterocycles. The van der Waals surface area contributed by atoms with E-state index in [2.05, 4.69) is 10.4 Å². The van der Waals surface area contributed by atoms with Gasteiger partial charge in [-0.3, -0.25) is 9.36 Å². The second-order valence-electron chi connectivity index (χ2n) is 5.14. The molecule has 0 unspecified atom stereocenters. The third-order valence-corrected chi connectivity index (χ3v) is 3.50. The minimum Gasteiger partial charge on any atom is -0.399 e. The zero-order chi connectivity index (χ0) is 14.8. The first-order valence-electron chi connectivity index (χ1n) is 6.95. The number of amides is 1. The maximum Gasteiger partial charge on any atom is 0.346 e. The summed E-state index contributed by atoms with van der Waals surface area (Å²) in [5, 5.41) is 6.94. The van der Waals surface area contributed by atoms with Gasteiger partial charge in [0.2, 0.25) is 5.91 Å². The van der Waals surface area contributed by atoms with Crippen LogP contribution in [0.5, 0.6) is 0 Å². The SMILES string of the molecule is Nc1cccc(NC(=O)Cn2nc3n(c2=O)CCCC3)c1. The second-order valence-corrected chi connectivity index (χ2v) is 5.14. The van der Waals surface area contributed by atoms with Gasteiger partial charge in [-0.25, -0.2) is 9.48 Å². The second kappa shape index (κ2) is 5.43. The van der Waals surface area contributed by atoms with Crippen LogP contribution in [0, 0.1) is 0 Å². The van der Waals surface area contributed by atoms with Crippen molar-refractivity contribution in [3.63, 3.8) is 0 Å². The number of hydrogen-bond acceptors (Lipinski definition) is 4. The van der Waals surface area contributed by atoms with Crippen molar-refractivity contribution >= 4 is 17.3 Å². The van der Waals surface area contributed by atoms with Crippen molar-refractivity contribution in [3.8, 4) is 0 Å². The molecule has 0 saturated carbocycles. The Balaban J connectivity index is 1.73. The third kappa shape index (κ3) is 2.81. The van der Waals surface area contributed by atoms with Gasteiger partial charge in [0, 0.05) is 24.3 Å². The summed E-state index contributed by atoms with van der Waals surface area (Å²) in [4.78, 5) is 24.1. The van der Waals surface area contributed by atoms with E-state index in [0.717, 1.165) is 25.1 Å². The predicted molar refractivity (Wildman–Crippen MR) is 78.9 cm³/mol. The van der Waals surface area contributed by atoms with E-state index in [1.807, 2.05) is 0 Å². The summed E-state index contributed by atoms with van der Waals surface area (Å²) in [5.41, 5.74) is 6.62. The molecule has 0 bridgehead atoms. The van der Waals surface area contributed by atoms with E-state index < -0.39 is 0 Å². The molecular formula is C14H17N5O2. The first kappa shape index (κ1) is 13.4. The number of carbonyl (C=O) groups is 1. The van der Waals surface area contributed by atoms with Gasteiger partial charge in [0.15, 0.2) is 0 Å². The molecule has 0 radical (unpaired) electrons. The Morgan fingerprint density at radius 2 is 2.24 bits per heavy atom. The van der Waals surface area contributed by atoms with Gasteiger partial charge < -0.3 is 11.1 Å². The number of benzene rings is 1. The fourth-order valence-electron chi connectivity index (χ4n) is 2.50. The summed E-state index contributed by atoms with van der Waals surface area (Å²) in [6.07, 6.45) is 2.80. The number of hydrogen-bond donors (Lipinski definition) is 2. The predicted octanol–water partition coefficient (Wildman–Crippen LogP) is 0.602. The molecule has 1 amide bonds. The summed E-state index contributed by atoms with van der Waals surface area (Å²) in [7, 11) is 0. The molecule has 0 spiro atoms. The summed E-state index contributed by atoms with van der Waals surface area (Å²) < 4.78 is 2.87. The molecule has 110 valence electrons. The maximum atomic E-state index is 12.1. The van der Waals surface area contributed by atoms with Gasteiger partial charge in [-0.2, -0.15) is 5.10 Å². The van der Waals surface area contributed by atoms with E-state index in [-0.39, 0.29) is 18.1 Å². The summed E-state index contributed by atoms with van der Waals surface area (Å²) in [5.74, 6) is 0.473. The van der Waals surface area contributed by atoms with E-state index in [4.69, 9.17) is 5.73 Å². The van der Waals surface area contributed by atoms with Gasteiger partial charge in [-0.05, 0) is 31.0 Å². The first-order chi connectivity index (χ1) is 10.1. The smallest absolute Gasteiger partial charge is 0.346 e. The van der Waals surface area contributed by atoms with Crippen molar-refractivity contribution < 1.29 is 4.79 Å². The lowest BCUT2D eigenvalue weighted by molar-refractivity contribution is -0.117. The van der Waals surface area contributed by atoms with Crippen molar-refractivity contribution in [2.24, 2.45) is 0 Å². The number of nitrogens with zero attached hydrogens (tertiary/aromatic N) is 3. The van der Waals surface area contributed by atoms with Gasteiger partial charge in [-0.1, -0.05) is 6.07 Å². The van der Waals surface area contributed by atoms with Crippen LogP contribution < -0.4 is 16.7 Å². The number of nitrogens with one attached hydrogen (secondary N) is 1. The highest BCUT2D eigenvalue weighted by molar-refractivity contribution is 5.90. The maximum absolute atomic E-state index is 12.1. The molecule has 7 nitrogen and oxygen atoms in total. The Labute approximate surface area is 121 Å². The third-order valence-electron chi connectivity index (χ3n) is 3.50. The van der Waals surface area contributed by atoms with Crippen molar-refractivity contribution in [3.05, 3.63) is 40.6 Å². The van der Waals surface area contributed by atoms with E-state index in [9.17, 15) is 9.59 Å². The first-order valence-corrected chi connectivity index (χ1v) is 6.95. The number of nitrogen functional groups attached to an aromatic ring is 1. The molecule has 21 heavy (non-hydrogen) atoms. The fraction of sp³-hybridized carbons (Fsp3) is 0.357. The standard InChI is InChI=1S/C14H17N5O2/c15-10-4-3-5-11(8-10)16-13(20)9-19-14(21)18-7-2-1-6-12(18)17-19/h3-5,8H,1-2,6-7,9,15H2,(H,16,20). The molecule has 0 atom stereocenters. The fourth-order valence-corrected chi connectivity index (χ4v) is 2.50. The number of aromatic nitrogens is 3. The van der Waals surface area contributed by atoms with E-state index in [1.165, 1.54) is 4.68 Å². The van der Waals surface area contributed by atoms with Crippen LogP contribution in [-0.4, -0.2) is 20.3 Å². The number of anilines is 2. The van der Waals surface area contributed by atoms with Crippen LogP contribution in [0.3, 0.4) is 0 Å². The number of nitrogens with two attached hydrogens (primary N) is 1. The molecule has 0 saturated heterocycles. The molecule has 7 heteroatoms. The highest BCUT2D eigenvalue weighted by Crippen LogP contribution is 2.12. The average molecular weight is 287 g/mol. The van der Waals surface area contributed by atoms with Gasteiger partial charge in [0.1, 0.15) is 12.4 Å². The highest BCUT2D eigenvalue weighted by Gasteiger charge is 2.18. The van der Waals surface area contributed by atoms with Crippen molar-refractivity contribution in [1.82, 2.24) is 14.3 Å². The van der Waals surface area contributed by atoms with Crippen LogP contribution in [0.15, 0.2) is 29.1 Å². The van der Waals surface area contributed by atoms with Gasteiger partial charge in [-0.15, -0.1) is 0 Å². The minimum absolute atomic E-state index is 0.0897. The van der Waals surface area contributed by atoms with Crippen molar-refractivity contribution in [1.29, 1.82) is 0 Å². The van der Waals surface area contributed by atoms with E-state index >= 15 is 0 Å². The van der Waals surface area contributed by atoms with Gasteiger partial charge >= 0.3 is 5.69 Å². The number of carbonyl (C=O) groups excluding carboxylic acids is 1. The molecule has 3 N–H and O–H groups in total. The van der Waals surface area contributed by atoms with E-state index in [0.29, 0.717) is 17.9 Å².